The Bertz CT molecular complexity index is 1140. The number of nitrogens with one attached hydrogen (secondary N) is 1. The highest BCUT2D eigenvalue weighted by Gasteiger charge is 2.55. The Hall–Kier alpha value is -1.62. The van der Waals surface area contributed by atoms with Gasteiger partial charge in [-0.1, -0.05) is 38.4 Å². The van der Waals surface area contributed by atoms with Gasteiger partial charge in [0.25, 0.3) is 0 Å². The molecule has 2 saturated heterocycles. The van der Waals surface area contributed by atoms with Gasteiger partial charge in [-0.3, -0.25) is 9.59 Å². The summed E-state index contributed by atoms with van der Waals surface area (Å²) >= 11 is 8.28. The quantitative estimate of drug-likeness (QED) is 0.374. The Morgan fingerprint density at radius 3 is 2.67 bits per heavy atom. The van der Waals surface area contributed by atoms with Crippen molar-refractivity contribution in [2.24, 2.45) is 11.3 Å². The number of ether oxygens (including phenoxy) is 2. The normalized spacial score (nSPS) is 36.3. The van der Waals surface area contributed by atoms with Crippen LogP contribution < -0.4 is 5.32 Å². The summed E-state index contributed by atoms with van der Waals surface area (Å²) < 4.78 is 12.7. The van der Waals surface area contributed by atoms with Gasteiger partial charge in [-0.15, -0.1) is 11.3 Å². The summed E-state index contributed by atoms with van der Waals surface area (Å²) in [7, 11) is 0. The van der Waals surface area contributed by atoms with E-state index in [1.165, 1.54) is 0 Å². The van der Waals surface area contributed by atoms with E-state index in [4.69, 9.17) is 21.1 Å². The maximum absolute atomic E-state index is 13.2. The third-order valence-electron chi connectivity index (χ3n) is 7.55. The minimum Gasteiger partial charge on any atom is -0.392 e. The van der Waals surface area contributed by atoms with Crippen molar-refractivity contribution in [2.45, 2.75) is 89.4 Å². The molecule has 1 aromatic heterocycles. The van der Waals surface area contributed by atoms with E-state index in [-0.39, 0.29) is 30.8 Å². The molecule has 2 aromatic rings. The average Bonchev–Trinajstić information content (AvgIpc) is 3.28. The van der Waals surface area contributed by atoms with Gasteiger partial charge in [0.05, 0.1) is 58.0 Å². The number of aliphatic hydroxyl groups excluding tert-OH is 2. The highest BCUT2D eigenvalue weighted by molar-refractivity contribution is 7.18. The molecule has 3 N–H and O–H groups in total. The van der Waals surface area contributed by atoms with Gasteiger partial charge in [0.15, 0.2) is 5.06 Å². The van der Waals surface area contributed by atoms with Gasteiger partial charge >= 0.3 is 0 Å². The summed E-state index contributed by atoms with van der Waals surface area (Å²) in [5, 5.41) is 24.7. The summed E-state index contributed by atoms with van der Waals surface area (Å²) in [5.74, 6) is -1.52. The molecule has 0 saturated carbocycles. The molecular weight excluding hydrogens is 504 g/mol. The molecule has 1 aromatic carbocycles. The smallest absolute Gasteiger partial charge is 0.223 e. The Labute approximate surface area is 220 Å². The van der Waals surface area contributed by atoms with Crippen LogP contribution in [0.25, 0.3) is 10.2 Å². The number of amides is 1. The number of aryl methyl sites for hydroxylation is 1. The van der Waals surface area contributed by atoms with E-state index in [1.54, 1.807) is 39.0 Å². The van der Waals surface area contributed by atoms with Crippen LogP contribution in [0.1, 0.15) is 63.6 Å². The lowest BCUT2D eigenvalue weighted by Crippen LogP contribution is -2.47. The molecule has 2 aliphatic heterocycles. The molecule has 3 heterocycles. The number of carbonyl (C=O) groups is 2. The van der Waals surface area contributed by atoms with Gasteiger partial charge in [-0.2, -0.15) is 0 Å². The lowest BCUT2D eigenvalue weighted by Gasteiger charge is -2.34. The van der Waals surface area contributed by atoms with E-state index in [0.717, 1.165) is 20.8 Å². The van der Waals surface area contributed by atoms with Gasteiger partial charge < -0.3 is 25.0 Å². The molecule has 198 valence electrons. The second-order valence-corrected chi connectivity index (χ2v) is 12.5. The molecule has 1 amide bonds. The van der Waals surface area contributed by atoms with Crippen molar-refractivity contribution in [3.05, 3.63) is 28.8 Å². The van der Waals surface area contributed by atoms with Crippen molar-refractivity contribution >= 4 is 44.8 Å². The highest BCUT2D eigenvalue weighted by atomic mass is 35.5. The second kappa shape index (κ2) is 10.3. The minimum absolute atomic E-state index is 0.242. The van der Waals surface area contributed by atoms with E-state index < -0.39 is 40.7 Å². The van der Waals surface area contributed by atoms with Crippen molar-refractivity contribution in [2.75, 3.05) is 6.61 Å². The fraction of sp³-hybridized carbons (Fsp3) is 0.654. The molecule has 7 atom stereocenters. The van der Waals surface area contributed by atoms with Crippen LogP contribution in [0.3, 0.4) is 0 Å². The number of fused-ring (bicyclic) bond motifs is 2. The molecule has 2 fully saturated rings. The van der Waals surface area contributed by atoms with Gasteiger partial charge in [0, 0.05) is 18.8 Å². The Balaban J connectivity index is 1.61. The van der Waals surface area contributed by atoms with Crippen LogP contribution in [-0.2, 0) is 19.1 Å². The summed E-state index contributed by atoms with van der Waals surface area (Å²) in [6.45, 7) is 8.70. The number of halogens is 1. The van der Waals surface area contributed by atoms with Gasteiger partial charge in [-0.05, 0) is 31.5 Å². The maximum Gasteiger partial charge on any atom is 0.223 e. The van der Waals surface area contributed by atoms with Crippen molar-refractivity contribution in [1.82, 2.24) is 10.3 Å². The van der Waals surface area contributed by atoms with Gasteiger partial charge in [0.1, 0.15) is 11.9 Å². The van der Waals surface area contributed by atoms with Crippen LogP contribution in [0.15, 0.2) is 18.2 Å². The van der Waals surface area contributed by atoms with E-state index in [2.05, 4.69) is 10.3 Å². The SMILES string of the molecule is Cc1nc2cc([C@@H]3C[C@@H]4O[C@]4(Cl)CCO[C@@H](C)[C@@H](O)[C@@H](C)C(=O)C(C)(C)[C@@H](O)CC(=O)N3)ccc2s1. The molecule has 0 spiro atoms. The monoisotopic (exact) mass is 538 g/mol. The van der Waals surface area contributed by atoms with Crippen molar-refractivity contribution in [1.29, 1.82) is 0 Å². The number of benzene rings is 1. The summed E-state index contributed by atoms with van der Waals surface area (Å²) in [6, 6.07) is 5.48. The van der Waals surface area contributed by atoms with Crippen LogP contribution >= 0.6 is 22.9 Å². The first kappa shape index (κ1) is 27.4. The zero-order valence-electron chi connectivity index (χ0n) is 21.3. The van der Waals surface area contributed by atoms with Crippen LogP contribution in [0.2, 0.25) is 0 Å². The fourth-order valence-electron chi connectivity index (χ4n) is 4.89. The largest absolute Gasteiger partial charge is 0.392 e. The van der Waals surface area contributed by atoms with E-state index >= 15 is 0 Å². The van der Waals surface area contributed by atoms with E-state index in [0.29, 0.717) is 12.8 Å². The first-order chi connectivity index (χ1) is 16.8. The summed E-state index contributed by atoms with van der Waals surface area (Å²) in [4.78, 5) is 30.9. The molecule has 0 unspecified atom stereocenters. The number of aliphatic hydroxyl groups is 2. The number of carbonyl (C=O) groups excluding carboxylic acids is 2. The summed E-state index contributed by atoms with van der Waals surface area (Å²) in [5.41, 5.74) is 0.474. The molecule has 36 heavy (non-hydrogen) atoms. The van der Waals surface area contributed by atoms with Crippen molar-refractivity contribution < 1.29 is 29.3 Å². The second-order valence-electron chi connectivity index (χ2n) is 10.6. The average molecular weight is 539 g/mol. The topological polar surface area (TPSA) is 121 Å². The Morgan fingerprint density at radius 1 is 1.22 bits per heavy atom. The number of hydrogen-bond acceptors (Lipinski definition) is 8. The zero-order valence-corrected chi connectivity index (χ0v) is 22.9. The number of aromatic nitrogens is 1. The predicted octanol–water partition coefficient (Wildman–Crippen LogP) is 3.64. The molecule has 0 bridgehead atoms. The third-order valence-corrected chi connectivity index (χ3v) is 9.02. The predicted molar refractivity (Wildman–Crippen MR) is 138 cm³/mol. The zero-order chi connectivity index (χ0) is 26.4. The van der Waals surface area contributed by atoms with Gasteiger partial charge in [-0.25, -0.2) is 4.98 Å². The molecule has 2 aliphatic rings. The number of Topliss-reactive ketones (excluding diaryl/α,β-unsaturated/α-hetero) is 1. The van der Waals surface area contributed by atoms with Crippen LogP contribution in [0.5, 0.6) is 0 Å². The number of nitrogens with zero attached hydrogens (tertiary/aromatic N) is 1. The first-order valence-corrected chi connectivity index (χ1v) is 13.6. The molecule has 8 nitrogen and oxygen atoms in total. The number of epoxide rings is 1. The molecule has 4 rings (SSSR count). The summed E-state index contributed by atoms with van der Waals surface area (Å²) in [6.07, 6.45) is -2.67. The standard InChI is InChI=1S/C26H35ClN2O6S/c1-13-23(32)14(2)34-9-8-26(27)21(35-26)11-17(16-6-7-19-18(10-16)28-15(3)36-19)29-22(31)12-20(30)25(4,5)24(13)33/h6-7,10,13-14,17,20-21,23,30,32H,8-9,11-12H2,1-5H3,(H,29,31)/t13-,14+,17+,20+,21+,23+,26-/m1/s1. The Morgan fingerprint density at radius 2 is 1.94 bits per heavy atom. The maximum atomic E-state index is 13.2. The van der Waals surface area contributed by atoms with Crippen LogP contribution in [0.4, 0.5) is 0 Å². The highest BCUT2D eigenvalue weighted by Crippen LogP contribution is 2.48. The van der Waals surface area contributed by atoms with Gasteiger partial charge in [0.2, 0.25) is 5.91 Å². The fourth-order valence-corrected chi connectivity index (χ4v) is 5.98. The molecule has 0 radical (unpaired) electrons. The lowest BCUT2D eigenvalue weighted by atomic mass is 9.74. The number of rotatable bonds is 1. The number of thiazole rings is 1. The number of ketones is 1. The Kier molecular flexibility index (Phi) is 7.82. The molecule has 0 aliphatic carbocycles. The van der Waals surface area contributed by atoms with E-state index in [1.807, 2.05) is 25.1 Å². The van der Waals surface area contributed by atoms with E-state index in [9.17, 15) is 19.8 Å². The minimum atomic E-state index is -1.24. The lowest BCUT2D eigenvalue weighted by molar-refractivity contribution is -0.146. The number of alkyl halides is 1. The molecular formula is C26H35ClN2O6S. The van der Waals surface area contributed by atoms with Crippen LogP contribution in [0, 0.1) is 18.3 Å². The molecule has 10 heteroatoms. The van der Waals surface area contributed by atoms with Crippen molar-refractivity contribution in [3.8, 4) is 0 Å². The number of hydrogen-bond donors (Lipinski definition) is 3. The van der Waals surface area contributed by atoms with Crippen LogP contribution in [-0.4, -0.2) is 63.0 Å². The first-order valence-electron chi connectivity index (χ1n) is 12.4. The van der Waals surface area contributed by atoms with Crippen molar-refractivity contribution in [3.63, 3.8) is 0 Å². The third kappa shape index (κ3) is 5.61.